The van der Waals surface area contributed by atoms with Crippen LogP contribution in [0, 0.1) is 5.41 Å². The van der Waals surface area contributed by atoms with Crippen LogP contribution in [0.15, 0.2) is 6.33 Å². The molecule has 18 heavy (non-hydrogen) atoms. The maximum Gasteiger partial charge on any atom is 0.138 e. The molecule has 1 aromatic heterocycles. The van der Waals surface area contributed by atoms with E-state index in [9.17, 15) is 0 Å². The Balaban J connectivity index is 1.82. The standard InChI is InChI=1S/C13H24N4O/c1-3-7-17-12(15-11-16-17)9-13(4-5-13)10-14-6-8-18-2/h11,14H,3-10H2,1-2H3. The molecular formula is C13H24N4O. The van der Waals surface area contributed by atoms with Crippen LogP contribution >= 0.6 is 0 Å². The fourth-order valence-corrected chi connectivity index (χ4v) is 2.28. The fourth-order valence-electron chi connectivity index (χ4n) is 2.28. The first-order chi connectivity index (χ1) is 8.79. The molecule has 1 fully saturated rings. The van der Waals surface area contributed by atoms with Gasteiger partial charge in [0.2, 0.25) is 0 Å². The van der Waals surface area contributed by atoms with Crippen LogP contribution in [-0.2, 0) is 17.7 Å². The molecule has 0 saturated heterocycles. The van der Waals surface area contributed by atoms with E-state index in [1.807, 2.05) is 0 Å². The third-order valence-corrected chi connectivity index (χ3v) is 3.60. The highest BCUT2D eigenvalue weighted by molar-refractivity contribution is 5.03. The van der Waals surface area contributed by atoms with Crippen molar-refractivity contribution >= 4 is 0 Å². The lowest BCUT2D eigenvalue weighted by Crippen LogP contribution is -2.29. The molecule has 5 nitrogen and oxygen atoms in total. The van der Waals surface area contributed by atoms with Gasteiger partial charge in [-0.25, -0.2) is 4.98 Å². The Hall–Kier alpha value is -0.940. The van der Waals surface area contributed by atoms with E-state index in [1.54, 1.807) is 13.4 Å². The molecule has 1 aromatic rings. The number of methoxy groups -OCH3 is 1. The Kier molecular flexibility index (Phi) is 4.72. The van der Waals surface area contributed by atoms with Crippen LogP contribution in [0.1, 0.15) is 32.0 Å². The topological polar surface area (TPSA) is 52.0 Å². The van der Waals surface area contributed by atoms with Crippen LogP contribution in [-0.4, -0.2) is 41.6 Å². The SMILES string of the molecule is CCCn1ncnc1CC1(CNCCOC)CC1. The first-order valence-electron chi connectivity index (χ1n) is 6.86. The van der Waals surface area contributed by atoms with Gasteiger partial charge >= 0.3 is 0 Å². The molecular weight excluding hydrogens is 228 g/mol. The van der Waals surface area contributed by atoms with E-state index in [0.717, 1.165) is 44.9 Å². The minimum Gasteiger partial charge on any atom is -0.383 e. The van der Waals surface area contributed by atoms with Crippen molar-refractivity contribution in [2.75, 3.05) is 26.8 Å². The van der Waals surface area contributed by atoms with Crippen LogP contribution in [0.5, 0.6) is 0 Å². The molecule has 0 amide bonds. The predicted molar refractivity (Wildman–Crippen MR) is 70.4 cm³/mol. The van der Waals surface area contributed by atoms with Gasteiger partial charge in [-0.1, -0.05) is 6.92 Å². The molecule has 0 atom stereocenters. The van der Waals surface area contributed by atoms with Crippen LogP contribution < -0.4 is 5.32 Å². The maximum atomic E-state index is 5.04. The van der Waals surface area contributed by atoms with Crippen molar-refractivity contribution < 1.29 is 4.74 Å². The third-order valence-electron chi connectivity index (χ3n) is 3.60. The number of rotatable bonds is 9. The lowest BCUT2D eigenvalue weighted by atomic mass is 10.0. The van der Waals surface area contributed by atoms with Gasteiger partial charge in [-0.3, -0.25) is 4.68 Å². The molecule has 0 spiro atoms. The van der Waals surface area contributed by atoms with Gasteiger partial charge in [0, 0.05) is 33.2 Å². The summed E-state index contributed by atoms with van der Waals surface area (Å²) in [6.07, 6.45) is 6.43. The number of nitrogens with one attached hydrogen (secondary N) is 1. The van der Waals surface area contributed by atoms with Gasteiger partial charge in [0.15, 0.2) is 0 Å². The normalized spacial score (nSPS) is 17.0. The first-order valence-corrected chi connectivity index (χ1v) is 6.86. The lowest BCUT2D eigenvalue weighted by Gasteiger charge is -2.16. The molecule has 0 aliphatic heterocycles. The van der Waals surface area contributed by atoms with Crippen molar-refractivity contribution in [1.29, 1.82) is 0 Å². The van der Waals surface area contributed by atoms with Crippen LogP contribution in [0.4, 0.5) is 0 Å². The van der Waals surface area contributed by atoms with Gasteiger partial charge in [-0.2, -0.15) is 5.10 Å². The minimum atomic E-state index is 0.423. The molecule has 1 saturated carbocycles. The summed E-state index contributed by atoms with van der Waals surface area (Å²) in [5.74, 6) is 1.14. The number of hydrogen-bond donors (Lipinski definition) is 1. The highest BCUT2D eigenvalue weighted by Crippen LogP contribution is 2.47. The van der Waals surface area contributed by atoms with E-state index in [-0.39, 0.29) is 0 Å². The molecule has 1 aliphatic carbocycles. The second kappa shape index (κ2) is 6.29. The van der Waals surface area contributed by atoms with Crippen molar-refractivity contribution in [2.24, 2.45) is 5.41 Å². The van der Waals surface area contributed by atoms with E-state index in [2.05, 4.69) is 27.0 Å². The number of aromatic nitrogens is 3. The summed E-state index contributed by atoms with van der Waals surface area (Å²) in [5.41, 5.74) is 0.423. The summed E-state index contributed by atoms with van der Waals surface area (Å²) in [6, 6.07) is 0. The summed E-state index contributed by atoms with van der Waals surface area (Å²) < 4.78 is 7.10. The van der Waals surface area contributed by atoms with E-state index in [4.69, 9.17) is 4.74 Å². The molecule has 2 rings (SSSR count). The monoisotopic (exact) mass is 252 g/mol. The fraction of sp³-hybridized carbons (Fsp3) is 0.846. The van der Waals surface area contributed by atoms with Gasteiger partial charge in [0.05, 0.1) is 6.61 Å². The van der Waals surface area contributed by atoms with Crippen LogP contribution in [0.3, 0.4) is 0 Å². The average Bonchev–Trinajstić information content (AvgIpc) is 3.00. The van der Waals surface area contributed by atoms with E-state index in [1.165, 1.54) is 12.8 Å². The highest BCUT2D eigenvalue weighted by Gasteiger charge is 2.43. The summed E-state index contributed by atoms with van der Waals surface area (Å²) in [7, 11) is 1.74. The second-order valence-corrected chi connectivity index (χ2v) is 5.25. The number of aryl methyl sites for hydroxylation is 1. The molecule has 0 aromatic carbocycles. The first kappa shape index (κ1) is 13.5. The molecule has 1 heterocycles. The van der Waals surface area contributed by atoms with Crippen LogP contribution in [0.2, 0.25) is 0 Å². The minimum absolute atomic E-state index is 0.423. The van der Waals surface area contributed by atoms with Crippen molar-refractivity contribution in [3.63, 3.8) is 0 Å². The van der Waals surface area contributed by atoms with Gasteiger partial charge in [0.25, 0.3) is 0 Å². The summed E-state index contributed by atoms with van der Waals surface area (Å²) in [6.45, 7) is 5.92. The van der Waals surface area contributed by atoms with Crippen molar-refractivity contribution in [2.45, 2.75) is 39.2 Å². The second-order valence-electron chi connectivity index (χ2n) is 5.25. The third kappa shape index (κ3) is 3.53. The average molecular weight is 252 g/mol. The number of nitrogens with zero attached hydrogens (tertiary/aromatic N) is 3. The lowest BCUT2D eigenvalue weighted by molar-refractivity contribution is 0.197. The van der Waals surface area contributed by atoms with Gasteiger partial charge in [0.1, 0.15) is 12.2 Å². The highest BCUT2D eigenvalue weighted by atomic mass is 16.5. The molecule has 1 N–H and O–H groups in total. The molecule has 102 valence electrons. The maximum absolute atomic E-state index is 5.04. The zero-order valence-electron chi connectivity index (χ0n) is 11.5. The number of hydrogen-bond acceptors (Lipinski definition) is 4. The molecule has 0 radical (unpaired) electrons. The Morgan fingerprint density at radius 2 is 2.33 bits per heavy atom. The quantitative estimate of drug-likeness (QED) is 0.672. The van der Waals surface area contributed by atoms with E-state index < -0.39 is 0 Å². The van der Waals surface area contributed by atoms with E-state index in [0.29, 0.717) is 5.41 Å². The summed E-state index contributed by atoms with van der Waals surface area (Å²) in [4.78, 5) is 4.40. The van der Waals surface area contributed by atoms with Gasteiger partial charge in [-0.05, 0) is 24.7 Å². The Bertz CT molecular complexity index is 360. The Labute approximate surface area is 109 Å². The largest absolute Gasteiger partial charge is 0.383 e. The Morgan fingerprint density at radius 3 is 3.00 bits per heavy atom. The molecule has 0 unspecified atom stereocenters. The zero-order valence-corrected chi connectivity index (χ0v) is 11.5. The molecule has 1 aliphatic rings. The van der Waals surface area contributed by atoms with Crippen molar-refractivity contribution in [3.05, 3.63) is 12.2 Å². The zero-order chi connectivity index (χ0) is 12.8. The van der Waals surface area contributed by atoms with Crippen molar-refractivity contribution in [3.8, 4) is 0 Å². The smallest absolute Gasteiger partial charge is 0.138 e. The number of ether oxygens (including phenoxy) is 1. The summed E-state index contributed by atoms with van der Waals surface area (Å²) in [5, 5.41) is 7.76. The van der Waals surface area contributed by atoms with Crippen molar-refractivity contribution in [1.82, 2.24) is 20.1 Å². The van der Waals surface area contributed by atoms with Gasteiger partial charge in [-0.15, -0.1) is 0 Å². The van der Waals surface area contributed by atoms with Gasteiger partial charge < -0.3 is 10.1 Å². The summed E-state index contributed by atoms with van der Waals surface area (Å²) >= 11 is 0. The Morgan fingerprint density at radius 1 is 1.50 bits per heavy atom. The molecule has 0 bridgehead atoms. The van der Waals surface area contributed by atoms with Crippen LogP contribution in [0.25, 0.3) is 0 Å². The predicted octanol–water partition coefficient (Wildman–Crippen LogP) is 1.25. The molecule has 5 heteroatoms. The van der Waals surface area contributed by atoms with E-state index >= 15 is 0 Å².